The van der Waals surface area contributed by atoms with Crippen LogP contribution in [-0.4, -0.2) is 42.0 Å². The second-order valence-electron chi connectivity index (χ2n) is 6.56. The number of aliphatic carboxylic acids is 1. The van der Waals surface area contributed by atoms with E-state index in [0.29, 0.717) is 30.9 Å². The molecule has 0 unspecified atom stereocenters. The van der Waals surface area contributed by atoms with Crippen molar-refractivity contribution < 1.29 is 9.90 Å². The number of carboxylic acid groups (broad SMARTS) is 1. The van der Waals surface area contributed by atoms with Gasteiger partial charge in [0.15, 0.2) is 0 Å². The van der Waals surface area contributed by atoms with Crippen molar-refractivity contribution in [3.63, 3.8) is 0 Å². The molecular formula is C19H19N5O3. The highest BCUT2D eigenvalue weighted by molar-refractivity contribution is 5.66. The molecule has 0 saturated carbocycles. The topological polar surface area (TPSA) is 104 Å². The monoisotopic (exact) mass is 365 g/mol. The summed E-state index contributed by atoms with van der Waals surface area (Å²) >= 11 is 0. The molecule has 1 aliphatic heterocycles. The average molecular weight is 365 g/mol. The summed E-state index contributed by atoms with van der Waals surface area (Å²) in [6.45, 7) is 1.77. The van der Waals surface area contributed by atoms with Crippen molar-refractivity contribution in [2.24, 2.45) is 0 Å². The molecule has 0 aromatic carbocycles. The average Bonchev–Trinajstić information content (AvgIpc) is 3.09. The Morgan fingerprint density at radius 3 is 2.96 bits per heavy atom. The summed E-state index contributed by atoms with van der Waals surface area (Å²) in [7, 11) is 0. The number of rotatable bonds is 5. The van der Waals surface area contributed by atoms with Crippen LogP contribution < -0.4 is 5.56 Å². The maximum Gasteiger partial charge on any atom is 0.323 e. The van der Waals surface area contributed by atoms with E-state index in [2.05, 4.69) is 19.9 Å². The first kappa shape index (κ1) is 17.2. The molecule has 8 heteroatoms. The lowest BCUT2D eigenvalue weighted by molar-refractivity contribution is -0.137. The second-order valence-corrected chi connectivity index (χ2v) is 6.56. The number of nitrogens with one attached hydrogen (secondary N) is 1. The minimum absolute atomic E-state index is 0.0661. The zero-order valence-corrected chi connectivity index (χ0v) is 14.6. The van der Waals surface area contributed by atoms with E-state index in [1.54, 1.807) is 23.2 Å². The number of pyridine rings is 1. The van der Waals surface area contributed by atoms with E-state index in [-0.39, 0.29) is 12.1 Å². The van der Waals surface area contributed by atoms with E-state index in [1.807, 2.05) is 24.3 Å². The molecule has 3 aromatic rings. The molecule has 1 aliphatic rings. The molecule has 0 saturated heterocycles. The van der Waals surface area contributed by atoms with Crippen molar-refractivity contribution >= 4 is 5.97 Å². The lowest BCUT2D eigenvalue weighted by atomic mass is 10.1. The molecule has 27 heavy (non-hydrogen) atoms. The highest BCUT2D eigenvalue weighted by Crippen LogP contribution is 2.19. The van der Waals surface area contributed by atoms with Crippen LogP contribution in [0.1, 0.15) is 17.0 Å². The van der Waals surface area contributed by atoms with E-state index < -0.39 is 5.97 Å². The van der Waals surface area contributed by atoms with Crippen molar-refractivity contribution in [3.8, 4) is 11.4 Å². The van der Waals surface area contributed by atoms with Gasteiger partial charge >= 0.3 is 5.97 Å². The Labute approximate surface area is 155 Å². The van der Waals surface area contributed by atoms with Gasteiger partial charge in [0.25, 0.3) is 5.56 Å². The lowest BCUT2D eigenvalue weighted by Crippen LogP contribution is -2.36. The van der Waals surface area contributed by atoms with Crippen LogP contribution in [0.3, 0.4) is 0 Å². The van der Waals surface area contributed by atoms with Gasteiger partial charge in [-0.2, -0.15) is 0 Å². The fourth-order valence-corrected chi connectivity index (χ4v) is 3.38. The zero-order valence-electron chi connectivity index (χ0n) is 14.6. The number of aromatic nitrogens is 4. The van der Waals surface area contributed by atoms with E-state index in [1.165, 1.54) is 0 Å². The van der Waals surface area contributed by atoms with Crippen LogP contribution in [0.2, 0.25) is 0 Å². The third-order valence-corrected chi connectivity index (χ3v) is 4.70. The van der Waals surface area contributed by atoms with Crippen molar-refractivity contribution in [1.82, 2.24) is 24.4 Å². The molecular weight excluding hydrogens is 346 g/mol. The maximum atomic E-state index is 12.6. The summed E-state index contributed by atoms with van der Waals surface area (Å²) in [6.07, 6.45) is 5.79. The highest BCUT2D eigenvalue weighted by Gasteiger charge is 2.22. The van der Waals surface area contributed by atoms with Crippen molar-refractivity contribution in [3.05, 3.63) is 70.2 Å². The molecule has 4 rings (SSSR count). The Hall–Kier alpha value is -3.26. The van der Waals surface area contributed by atoms with Crippen LogP contribution in [-0.2, 0) is 30.8 Å². The van der Waals surface area contributed by atoms with Gasteiger partial charge in [0.2, 0.25) is 0 Å². The number of carboxylic acids is 1. The minimum atomic E-state index is -0.875. The number of nitrogens with zero attached hydrogens (tertiary/aromatic N) is 4. The van der Waals surface area contributed by atoms with Crippen molar-refractivity contribution in [2.75, 3.05) is 6.54 Å². The van der Waals surface area contributed by atoms with Crippen LogP contribution >= 0.6 is 0 Å². The quantitative estimate of drug-likeness (QED) is 0.706. The summed E-state index contributed by atoms with van der Waals surface area (Å²) in [5.41, 5.74) is 3.05. The number of H-pyrrole nitrogens is 1. The fourth-order valence-electron chi connectivity index (χ4n) is 3.38. The van der Waals surface area contributed by atoms with Gasteiger partial charge < -0.3 is 14.7 Å². The fraction of sp³-hybridized carbons (Fsp3) is 0.263. The Kier molecular flexibility index (Phi) is 4.55. The number of aromatic amines is 1. The minimum Gasteiger partial charge on any atom is -0.480 e. The predicted octanol–water partition coefficient (Wildman–Crippen LogP) is 1.28. The van der Waals surface area contributed by atoms with Crippen molar-refractivity contribution in [2.45, 2.75) is 26.1 Å². The first-order valence-electron chi connectivity index (χ1n) is 8.71. The van der Waals surface area contributed by atoms with E-state index in [4.69, 9.17) is 5.11 Å². The standard InChI is InChI=1S/C19H19N5O3/c25-17(26)12-24-7-2-4-14(24)10-23-8-5-16-15(11-23)19(27)22-18(21-16)13-3-1-6-20-9-13/h1-4,6-7,9H,5,8,10-12H2,(H,25,26)(H,21,22,27). The van der Waals surface area contributed by atoms with Gasteiger partial charge in [0.1, 0.15) is 12.4 Å². The molecule has 138 valence electrons. The van der Waals surface area contributed by atoms with Crippen LogP contribution in [0, 0.1) is 0 Å². The Morgan fingerprint density at radius 1 is 1.30 bits per heavy atom. The highest BCUT2D eigenvalue weighted by atomic mass is 16.4. The molecule has 3 aromatic heterocycles. The zero-order chi connectivity index (χ0) is 18.8. The van der Waals surface area contributed by atoms with E-state index in [0.717, 1.165) is 23.5 Å². The van der Waals surface area contributed by atoms with Gasteiger partial charge in [-0.1, -0.05) is 0 Å². The van der Waals surface area contributed by atoms with Crippen LogP contribution in [0.25, 0.3) is 11.4 Å². The number of hydrogen-bond acceptors (Lipinski definition) is 5. The second kappa shape index (κ2) is 7.16. The summed E-state index contributed by atoms with van der Waals surface area (Å²) < 4.78 is 1.71. The first-order valence-corrected chi connectivity index (χ1v) is 8.71. The summed E-state index contributed by atoms with van der Waals surface area (Å²) in [5.74, 6) is -0.337. The first-order chi connectivity index (χ1) is 13.1. The Bertz CT molecular complexity index is 1030. The Morgan fingerprint density at radius 2 is 2.19 bits per heavy atom. The molecule has 2 N–H and O–H groups in total. The van der Waals surface area contributed by atoms with Gasteiger partial charge in [-0.15, -0.1) is 0 Å². The molecule has 0 aliphatic carbocycles. The number of carbonyl (C=O) groups is 1. The smallest absolute Gasteiger partial charge is 0.323 e. The summed E-state index contributed by atoms with van der Waals surface area (Å²) in [5, 5.41) is 9.01. The molecule has 4 heterocycles. The van der Waals surface area contributed by atoms with Gasteiger partial charge in [0.05, 0.1) is 11.3 Å². The third-order valence-electron chi connectivity index (χ3n) is 4.70. The molecule has 0 bridgehead atoms. The normalized spacial score (nSPS) is 14.1. The maximum absolute atomic E-state index is 12.6. The molecule has 8 nitrogen and oxygen atoms in total. The van der Waals surface area contributed by atoms with Gasteiger partial charge in [-0.25, -0.2) is 4.98 Å². The molecule has 0 amide bonds. The summed E-state index contributed by atoms with van der Waals surface area (Å²) in [4.78, 5) is 37.3. The van der Waals surface area contributed by atoms with Gasteiger partial charge in [-0.05, 0) is 24.3 Å². The van der Waals surface area contributed by atoms with Crippen LogP contribution in [0.15, 0.2) is 47.7 Å². The molecule has 0 fully saturated rings. The summed E-state index contributed by atoms with van der Waals surface area (Å²) in [6, 6.07) is 7.42. The van der Waals surface area contributed by atoms with Crippen LogP contribution in [0.5, 0.6) is 0 Å². The third kappa shape index (κ3) is 3.65. The molecule has 0 radical (unpaired) electrons. The number of fused-ring (bicyclic) bond motifs is 1. The van der Waals surface area contributed by atoms with Crippen LogP contribution in [0.4, 0.5) is 0 Å². The van der Waals surface area contributed by atoms with E-state index >= 15 is 0 Å². The largest absolute Gasteiger partial charge is 0.480 e. The van der Waals surface area contributed by atoms with E-state index in [9.17, 15) is 9.59 Å². The number of hydrogen-bond donors (Lipinski definition) is 2. The lowest BCUT2D eigenvalue weighted by Gasteiger charge is -2.28. The van der Waals surface area contributed by atoms with Gasteiger partial charge in [0, 0.05) is 55.9 Å². The SMILES string of the molecule is O=C(O)Cn1cccc1CN1CCc2nc(-c3cccnc3)[nH]c(=O)c2C1. The molecule has 0 atom stereocenters. The predicted molar refractivity (Wildman–Crippen MR) is 98.0 cm³/mol. The van der Waals surface area contributed by atoms with Crippen molar-refractivity contribution in [1.29, 1.82) is 0 Å². The Balaban J connectivity index is 1.55. The van der Waals surface area contributed by atoms with Gasteiger partial charge in [-0.3, -0.25) is 19.5 Å². The molecule has 0 spiro atoms.